The number of benzene rings is 2. The Morgan fingerprint density at radius 2 is 1.49 bits per heavy atom. The quantitative estimate of drug-likeness (QED) is 0.550. The molecule has 0 amide bonds. The minimum Gasteiger partial charge on any atom is -0.493 e. The Bertz CT molecular complexity index is 1330. The van der Waals surface area contributed by atoms with Gasteiger partial charge in [-0.15, -0.1) is 5.10 Å². The molecule has 0 unspecified atom stereocenters. The standard InChI is InChI=1S/C25H27N5O5/c1-32-18-7-5-13(11-20(18)34-3)15-9-16-22(17(31)10-15)23(30-25(27-16)28-24(26)29-30)14-6-8-19(33-2)21(12-14)35-4/h5-8,11-12,15,23H,9-10H2,1-4H3,(H3,26,27,28,29)/t15-,23+/m0/s1. The number of nitrogens with two attached hydrogens (primary N) is 1. The summed E-state index contributed by atoms with van der Waals surface area (Å²) in [6.45, 7) is 0. The molecule has 182 valence electrons. The molecule has 1 aliphatic heterocycles. The molecule has 0 fully saturated rings. The Hall–Kier alpha value is -4.21. The maximum absolute atomic E-state index is 13.7. The highest BCUT2D eigenvalue weighted by Crippen LogP contribution is 2.46. The Labute approximate surface area is 202 Å². The number of nitrogen functional groups attached to an aromatic ring is 1. The molecule has 0 saturated carbocycles. The number of fused-ring (bicyclic) bond motifs is 1. The maximum atomic E-state index is 13.7. The van der Waals surface area contributed by atoms with Crippen LogP contribution in [0.25, 0.3) is 0 Å². The summed E-state index contributed by atoms with van der Waals surface area (Å²) in [6.07, 6.45) is 0.965. The SMILES string of the molecule is COc1ccc([C@@H]2CC(=O)C3=C(C2)Nc2nc(N)nn2[C@@H]3c2ccc(OC)c(OC)c2)cc1OC. The van der Waals surface area contributed by atoms with Gasteiger partial charge in [-0.2, -0.15) is 4.98 Å². The monoisotopic (exact) mass is 477 g/mol. The van der Waals surface area contributed by atoms with Crippen LogP contribution in [-0.4, -0.2) is 49.0 Å². The first kappa shape index (κ1) is 22.6. The summed E-state index contributed by atoms with van der Waals surface area (Å²) in [7, 11) is 6.35. The molecule has 10 nitrogen and oxygen atoms in total. The van der Waals surface area contributed by atoms with Gasteiger partial charge in [0.1, 0.15) is 6.04 Å². The fourth-order valence-electron chi connectivity index (χ4n) is 4.90. The molecule has 5 rings (SSSR count). The number of aromatic nitrogens is 3. The fraction of sp³-hybridized carbons (Fsp3) is 0.320. The molecule has 3 aromatic rings. The lowest BCUT2D eigenvalue weighted by molar-refractivity contribution is -0.116. The highest BCUT2D eigenvalue weighted by Gasteiger charge is 2.40. The summed E-state index contributed by atoms with van der Waals surface area (Å²) in [5, 5.41) is 7.69. The van der Waals surface area contributed by atoms with E-state index < -0.39 is 6.04 Å². The van der Waals surface area contributed by atoms with Gasteiger partial charge in [0, 0.05) is 17.7 Å². The fourth-order valence-corrected chi connectivity index (χ4v) is 4.90. The molecule has 1 aliphatic carbocycles. The van der Waals surface area contributed by atoms with E-state index in [2.05, 4.69) is 15.4 Å². The van der Waals surface area contributed by atoms with Crippen LogP contribution in [0.5, 0.6) is 23.0 Å². The third-order valence-electron chi connectivity index (χ3n) is 6.54. The van der Waals surface area contributed by atoms with Crippen LogP contribution in [0.15, 0.2) is 47.7 Å². The highest BCUT2D eigenvalue weighted by atomic mass is 16.5. The maximum Gasteiger partial charge on any atom is 0.241 e. The molecule has 1 aromatic heterocycles. The van der Waals surface area contributed by atoms with Crippen LogP contribution in [0, 0.1) is 0 Å². The number of Topliss-reactive ketones (excluding diaryl/α,β-unsaturated/α-hetero) is 1. The molecule has 2 heterocycles. The zero-order valence-electron chi connectivity index (χ0n) is 20.0. The number of rotatable bonds is 6. The average molecular weight is 478 g/mol. The number of nitrogens with zero attached hydrogens (tertiary/aromatic N) is 3. The number of ether oxygens (including phenoxy) is 4. The Kier molecular flexibility index (Phi) is 5.72. The molecule has 10 heteroatoms. The number of allylic oxidation sites excluding steroid dienone is 2. The Morgan fingerprint density at radius 1 is 0.886 bits per heavy atom. The van der Waals surface area contributed by atoms with Crippen LogP contribution in [0.2, 0.25) is 0 Å². The lowest BCUT2D eigenvalue weighted by Gasteiger charge is -2.35. The average Bonchev–Trinajstić information content (AvgIpc) is 3.25. The number of nitrogens with one attached hydrogen (secondary N) is 1. The number of carbonyl (C=O) groups is 1. The van der Waals surface area contributed by atoms with Crippen molar-refractivity contribution in [1.29, 1.82) is 0 Å². The van der Waals surface area contributed by atoms with Crippen LogP contribution in [0.4, 0.5) is 11.9 Å². The smallest absolute Gasteiger partial charge is 0.241 e. The minimum absolute atomic E-state index is 0.0260. The molecule has 35 heavy (non-hydrogen) atoms. The van der Waals surface area contributed by atoms with Gasteiger partial charge in [-0.3, -0.25) is 4.79 Å². The van der Waals surface area contributed by atoms with Crippen molar-refractivity contribution in [3.63, 3.8) is 0 Å². The van der Waals surface area contributed by atoms with Gasteiger partial charge in [-0.05, 0) is 47.7 Å². The Morgan fingerprint density at radius 3 is 2.11 bits per heavy atom. The zero-order valence-corrected chi connectivity index (χ0v) is 20.0. The third kappa shape index (κ3) is 3.80. The molecule has 3 N–H and O–H groups in total. The van der Waals surface area contributed by atoms with Crippen molar-refractivity contribution in [3.8, 4) is 23.0 Å². The summed E-state index contributed by atoms with van der Waals surface area (Å²) in [6, 6.07) is 10.8. The van der Waals surface area contributed by atoms with Crippen LogP contribution in [0.1, 0.15) is 35.9 Å². The number of ketones is 1. The van der Waals surface area contributed by atoms with E-state index in [4.69, 9.17) is 24.7 Å². The molecule has 0 spiro atoms. The number of carbonyl (C=O) groups excluding carboxylic acids is 1. The number of anilines is 2. The van der Waals surface area contributed by atoms with E-state index in [-0.39, 0.29) is 17.6 Å². The first-order valence-corrected chi connectivity index (χ1v) is 11.2. The van der Waals surface area contributed by atoms with Crippen molar-refractivity contribution in [2.75, 3.05) is 39.5 Å². The molecule has 2 aromatic carbocycles. The predicted octanol–water partition coefficient (Wildman–Crippen LogP) is 3.31. The van der Waals surface area contributed by atoms with Crippen LogP contribution < -0.4 is 30.0 Å². The second-order valence-corrected chi connectivity index (χ2v) is 8.42. The van der Waals surface area contributed by atoms with Gasteiger partial charge >= 0.3 is 0 Å². The zero-order chi connectivity index (χ0) is 24.7. The largest absolute Gasteiger partial charge is 0.493 e. The number of hydrogen-bond acceptors (Lipinski definition) is 9. The molecular formula is C25H27N5O5. The molecule has 2 atom stereocenters. The molecule has 0 saturated heterocycles. The summed E-state index contributed by atoms with van der Waals surface area (Å²) in [5.41, 5.74) is 9.21. The first-order valence-electron chi connectivity index (χ1n) is 11.2. The lowest BCUT2D eigenvalue weighted by atomic mass is 9.78. The predicted molar refractivity (Wildman–Crippen MR) is 129 cm³/mol. The van der Waals surface area contributed by atoms with Crippen LogP contribution in [0.3, 0.4) is 0 Å². The van der Waals surface area contributed by atoms with E-state index in [1.807, 2.05) is 36.4 Å². The van der Waals surface area contributed by atoms with Gasteiger partial charge in [0.25, 0.3) is 0 Å². The second-order valence-electron chi connectivity index (χ2n) is 8.42. The van der Waals surface area contributed by atoms with E-state index in [1.54, 1.807) is 33.1 Å². The molecule has 0 bridgehead atoms. The highest BCUT2D eigenvalue weighted by molar-refractivity contribution is 6.00. The summed E-state index contributed by atoms with van der Waals surface area (Å²) in [5.74, 6) is 3.04. The summed E-state index contributed by atoms with van der Waals surface area (Å²) in [4.78, 5) is 18.0. The molecule has 0 radical (unpaired) electrons. The van der Waals surface area contributed by atoms with Gasteiger partial charge in [-0.1, -0.05) is 12.1 Å². The van der Waals surface area contributed by atoms with Crippen molar-refractivity contribution in [2.45, 2.75) is 24.8 Å². The van der Waals surface area contributed by atoms with Gasteiger partial charge in [0.15, 0.2) is 28.8 Å². The van der Waals surface area contributed by atoms with Crippen molar-refractivity contribution in [1.82, 2.24) is 14.8 Å². The van der Waals surface area contributed by atoms with E-state index in [0.717, 1.165) is 16.8 Å². The number of hydrogen-bond donors (Lipinski definition) is 2. The topological polar surface area (TPSA) is 123 Å². The van der Waals surface area contributed by atoms with E-state index in [0.29, 0.717) is 47.4 Å². The van der Waals surface area contributed by atoms with Crippen LogP contribution in [-0.2, 0) is 4.79 Å². The first-order chi connectivity index (χ1) is 17.0. The summed E-state index contributed by atoms with van der Waals surface area (Å²) < 4.78 is 23.4. The van der Waals surface area contributed by atoms with E-state index in [1.165, 1.54) is 0 Å². The van der Waals surface area contributed by atoms with Gasteiger partial charge < -0.3 is 30.0 Å². The van der Waals surface area contributed by atoms with Gasteiger partial charge in [0.05, 0.1) is 28.4 Å². The van der Waals surface area contributed by atoms with Crippen molar-refractivity contribution >= 4 is 17.7 Å². The van der Waals surface area contributed by atoms with E-state index in [9.17, 15) is 4.79 Å². The van der Waals surface area contributed by atoms with E-state index >= 15 is 0 Å². The number of methoxy groups -OCH3 is 4. The normalized spacial score (nSPS) is 18.9. The molecular weight excluding hydrogens is 450 g/mol. The van der Waals surface area contributed by atoms with Gasteiger partial charge in [0.2, 0.25) is 11.9 Å². The summed E-state index contributed by atoms with van der Waals surface area (Å²) >= 11 is 0. The Balaban J connectivity index is 1.58. The van der Waals surface area contributed by atoms with Crippen molar-refractivity contribution < 1.29 is 23.7 Å². The van der Waals surface area contributed by atoms with Crippen LogP contribution >= 0.6 is 0 Å². The van der Waals surface area contributed by atoms with Crippen molar-refractivity contribution in [2.24, 2.45) is 0 Å². The second kappa shape index (κ2) is 8.86. The molecule has 2 aliphatic rings. The lowest BCUT2D eigenvalue weighted by Crippen LogP contribution is -2.33. The third-order valence-corrected chi connectivity index (χ3v) is 6.54. The van der Waals surface area contributed by atoms with Gasteiger partial charge in [-0.25, -0.2) is 4.68 Å². The van der Waals surface area contributed by atoms with Crippen molar-refractivity contribution in [3.05, 3.63) is 58.8 Å². The minimum atomic E-state index is -0.496.